The number of carboxylic acids is 1. The Morgan fingerprint density at radius 2 is 2.22 bits per heavy atom. The van der Waals surface area contributed by atoms with Crippen LogP contribution in [0.3, 0.4) is 0 Å². The van der Waals surface area contributed by atoms with Crippen LogP contribution in [-0.2, 0) is 21.4 Å². The molecule has 0 bridgehead atoms. The Labute approximate surface area is 135 Å². The molecule has 1 aromatic rings. The first kappa shape index (κ1) is 14.6. The van der Waals surface area contributed by atoms with Crippen LogP contribution in [0.5, 0.6) is 0 Å². The number of carbonyl (C=O) groups is 1. The van der Waals surface area contributed by atoms with E-state index in [2.05, 4.69) is 24.1 Å². The molecule has 0 saturated heterocycles. The molecule has 2 heterocycles. The average Bonchev–Trinajstić information content (AvgIpc) is 2.96. The van der Waals surface area contributed by atoms with Crippen LogP contribution in [0.15, 0.2) is 12.2 Å². The fourth-order valence-electron chi connectivity index (χ4n) is 4.53. The molecule has 122 valence electrons. The van der Waals surface area contributed by atoms with Gasteiger partial charge in [0.15, 0.2) is 0 Å². The third kappa shape index (κ3) is 2.15. The van der Waals surface area contributed by atoms with E-state index in [4.69, 9.17) is 4.74 Å². The van der Waals surface area contributed by atoms with E-state index in [9.17, 15) is 9.90 Å². The van der Waals surface area contributed by atoms with Gasteiger partial charge >= 0.3 is 5.97 Å². The number of ether oxygens (including phenoxy) is 1. The van der Waals surface area contributed by atoms with E-state index in [-0.39, 0.29) is 11.3 Å². The summed E-state index contributed by atoms with van der Waals surface area (Å²) in [7, 11) is 0. The van der Waals surface area contributed by atoms with E-state index < -0.39 is 5.97 Å². The highest BCUT2D eigenvalue weighted by Crippen LogP contribution is 2.44. The molecule has 1 aromatic heterocycles. The van der Waals surface area contributed by atoms with Gasteiger partial charge in [0.25, 0.3) is 0 Å². The van der Waals surface area contributed by atoms with E-state index in [0.717, 1.165) is 50.5 Å². The molecule has 1 spiro atoms. The highest BCUT2D eigenvalue weighted by Gasteiger charge is 2.41. The van der Waals surface area contributed by atoms with Crippen molar-refractivity contribution in [1.29, 1.82) is 0 Å². The molecule has 1 saturated carbocycles. The standard InChI is InChI=1S/C19H23NO3/c1-2-12-3-7-19(8-4-13(5-9-19)18(21)22)16-14-6-10-23-11-15(14)20-17(12)16/h3,7,11,13,20H,2,4-6,8-10H2,1H3,(H,21,22). The van der Waals surface area contributed by atoms with E-state index >= 15 is 0 Å². The molecule has 1 aliphatic heterocycles. The molecule has 4 rings (SSSR count). The summed E-state index contributed by atoms with van der Waals surface area (Å²) in [5, 5.41) is 11.7. The zero-order chi connectivity index (χ0) is 16.0. The smallest absolute Gasteiger partial charge is 0.306 e. The number of allylic oxidation sites excluding steroid dienone is 2. The van der Waals surface area contributed by atoms with Gasteiger partial charge in [0.2, 0.25) is 0 Å². The molecule has 4 nitrogen and oxygen atoms in total. The summed E-state index contributed by atoms with van der Waals surface area (Å²) >= 11 is 0. The lowest BCUT2D eigenvalue weighted by molar-refractivity contribution is -0.143. The highest BCUT2D eigenvalue weighted by atomic mass is 16.5. The fraction of sp³-hybridized carbons (Fsp3) is 0.526. The van der Waals surface area contributed by atoms with E-state index in [1.165, 1.54) is 22.0 Å². The van der Waals surface area contributed by atoms with Crippen molar-refractivity contribution in [2.75, 3.05) is 6.61 Å². The average molecular weight is 313 g/mol. The van der Waals surface area contributed by atoms with Crippen molar-refractivity contribution in [3.63, 3.8) is 0 Å². The summed E-state index contributed by atoms with van der Waals surface area (Å²) in [5.41, 5.74) is 4.16. The van der Waals surface area contributed by atoms with E-state index in [1.54, 1.807) is 0 Å². The quantitative estimate of drug-likeness (QED) is 0.877. The number of aliphatic carboxylic acids is 1. The first-order valence-electron chi connectivity index (χ1n) is 8.63. The Balaban J connectivity index is 1.85. The Bertz CT molecular complexity index is 791. The first-order valence-corrected chi connectivity index (χ1v) is 8.63. The zero-order valence-corrected chi connectivity index (χ0v) is 13.5. The minimum Gasteiger partial charge on any atom is -0.499 e. The summed E-state index contributed by atoms with van der Waals surface area (Å²) in [6, 6.07) is 0. The van der Waals surface area contributed by atoms with Gasteiger partial charge in [-0.05, 0) is 48.8 Å². The predicted molar refractivity (Wildman–Crippen MR) is 88.3 cm³/mol. The third-order valence-corrected chi connectivity index (χ3v) is 5.84. The second-order valence-electron chi connectivity index (χ2n) is 6.99. The number of fused-ring (bicyclic) bond motifs is 4. The highest BCUT2D eigenvalue weighted by molar-refractivity contribution is 5.70. The number of H-pyrrole nitrogens is 1. The lowest BCUT2D eigenvalue weighted by atomic mass is 9.64. The Kier molecular flexibility index (Phi) is 3.36. The molecule has 3 aliphatic rings. The molecule has 0 amide bonds. The second kappa shape index (κ2) is 5.29. The van der Waals surface area contributed by atoms with Gasteiger partial charge in [0, 0.05) is 17.2 Å². The zero-order valence-electron chi connectivity index (χ0n) is 13.5. The van der Waals surface area contributed by atoms with Gasteiger partial charge in [0.1, 0.15) is 6.26 Å². The molecule has 0 unspecified atom stereocenters. The van der Waals surface area contributed by atoms with Crippen LogP contribution in [0.1, 0.15) is 50.2 Å². The molecular weight excluding hydrogens is 290 g/mol. The molecule has 0 atom stereocenters. The lowest BCUT2D eigenvalue weighted by Gasteiger charge is -2.39. The Morgan fingerprint density at radius 1 is 1.43 bits per heavy atom. The van der Waals surface area contributed by atoms with Gasteiger partial charge < -0.3 is 14.8 Å². The van der Waals surface area contributed by atoms with E-state index in [1.807, 2.05) is 6.26 Å². The predicted octanol–water partition coefficient (Wildman–Crippen LogP) is 1.97. The van der Waals surface area contributed by atoms with Crippen LogP contribution in [0.4, 0.5) is 0 Å². The molecule has 0 aromatic carbocycles. The van der Waals surface area contributed by atoms with Gasteiger partial charge in [-0.15, -0.1) is 0 Å². The summed E-state index contributed by atoms with van der Waals surface area (Å²) < 4.78 is 5.50. The molecule has 2 aliphatic carbocycles. The fourth-order valence-corrected chi connectivity index (χ4v) is 4.53. The normalized spacial score (nSPS) is 28.7. The number of nitrogens with one attached hydrogen (secondary N) is 1. The van der Waals surface area contributed by atoms with Gasteiger partial charge in [-0.3, -0.25) is 4.79 Å². The topological polar surface area (TPSA) is 62.3 Å². The summed E-state index contributed by atoms with van der Waals surface area (Å²) in [6.07, 6.45) is 11.8. The van der Waals surface area contributed by atoms with Crippen molar-refractivity contribution in [2.45, 2.75) is 50.9 Å². The largest absolute Gasteiger partial charge is 0.499 e. The Morgan fingerprint density at radius 3 is 2.91 bits per heavy atom. The monoisotopic (exact) mass is 313 g/mol. The number of hydrogen-bond donors (Lipinski definition) is 2. The van der Waals surface area contributed by atoms with Crippen molar-refractivity contribution in [3.05, 3.63) is 34.0 Å². The van der Waals surface area contributed by atoms with Crippen molar-refractivity contribution >= 4 is 17.8 Å². The molecule has 0 radical (unpaired) electrons. The maximum Gasteiger partial charge on any atom is 0.306 e. The SMILES string of the molecule is CCC1=c2[nH]c3c(c2C2(C=C1)CCC(C(=O)O)CC2)CCOC=3. The number of aromatic nitrogens is 1. The minimum atomic E-state index is -0.640. The van der Waals surface area contributed by atoms with Gasteiger partial charge in [-0.25, -0.2) is 0 Å². The van der Waals surface area contributed by atoms with Gasteiger partial charge in [-0.1, -0.05) is 19.1 Å². The number of carboxylic acid groups (broad SMARTS) is 1. The first-order chi connectivity index (χ1) is 11.1. The van der Waals surface area contributed by atoms with Crippen LogP contribution in [0, 0.1) is 5.92 Å². The van der Waals surface area contributed by atoms with Crippen LogP contribution >= 0.6 is 0 Å². The molecule has 1 fully saturated rings. The van der Waals surface area contributed by atoms with Crippen molar-refractivity contribution < 1.29 is 14.6 Å². The van der Waals surface area contributed by atoms with Crippen LogP contribution < -0.4 is 10.7 Å². The maximum atomic E-state index is 11.3. The third-order valence-electron chi connectivity index (χ3n) is 5.84. The maximum absolute atomic E-state index is 11.3. The minimum absolute atomic E-state index is 0.00914. The molecule has 23 heavy (non-hydrogen) atoms. The summed E-state index contributed by atoms with van der Waals surface area (Å²) in [5.74, 6) is -0.822. The summed E-state index contributed by atoms with van der Waals surface area (Å²) in [4.78, 5) is 14.9. The van der Waals surface area contributed by atoms with Crippen LogP contribution in [-0.4, -0.2) is 22.7 Å². The second-order valence-corrected chi connectivity index (χ2v) is 6.99. The number of hydrogen-bond acceptors (Lipinski definition) is 2. The number of aromatic amines is 1. The lowest BCUT2D eigenvalue weighted by Crippen LogP contribution is -2.39. The number of rotatable bonds is 2. The molecular formula is C19H23NO3. The van der Waals surface area contributed by atoms with Gasteiger partial charge in [-0.2, -0.15) is 0 Å². The van der Waals surface area contributed by atoms with Gasteiger partial charge in [0.05, 0.1) is 17.9 Å². The molecule has 4 heteroatoms. The Hall–Kier alpha value is -1.97. The molecule has 2 N–H and O–H groups in total. The van der Waals surface area contributed by atoms with Crippen molar-refractivity contribution in [1.82, 2.24) is 4.98 Å². The van der Waals surface area contributed by atoms with Crippen molar-refractivity contribution in [3.8, 4) is 0 Å². The summed E-state index contributed by atoms with van der Waals surface area (Å²) in [6.45, 7) is 2.92. The van der Waals surface area contributed by atoms with Crippen molar-refractivity contribution in [2.24, 2.45) is 5.92 Å². The van der Waals surface area contributed by atoms with Crippen LogP contribution in [0.2, 0.25) is 0 Å². The van der Waals surface area contributed by atoms with E-state index in [0.29, 0.717) is 0 Å². The van der Waals surface area contributed by atoms with Crippen LogP contribution in [0.25, 0.3) is 11.8 Å².